The molecule has 0 radical (unpaired) electrons. The zero-order valence-electron chi connectivity index (χ0n) is 62.4. The van der Waals surface area contributed by atoms with Crippen molar-refractivity contribution in [2.75, 3.05) is 65.7 Å². The van der Waals surface area contributed by atoms with Gasteiger partial charge in [0.2, 0.25) is 0 Å². The summed E-state index contributed by atoms with van der Waals surface area (Å²) in [5.74, 6) is 3.65. The van der Waals surface area contributed by atoms with Gasteiger partial charge in [-0.15, -0.1) is 0 Å². The number of phenols is 1. The van der Waals surface area contributed by atoms with Gasteiger partial charge in [0.25, 0.3) is 0 Å². The molecule has 102 heavy (non-hydrogen) atoms. The van der Waals surface area contributed by atoms with Gasteiger partial charge in [0.05, 0.1) is 43.8 Å². The molecule has 0 aromatic heterocycles. The summed E-state index contributed by atoms with van der Waals surface area (Å²) in [6.45, 7) is 32.6. The molecule has 4 aliphatic carbocycles. The molecule has 1 saturated heterocycles. The average Bonchev–Trinajstić information content (AvgIpc) is 1.49. The summed E-state index contributed by atoms with van der Waals surface area (Å²) in [6.07, 6.45) is 11.4. The van der Waals surface area contributed by atoms with Crippen LogP contribution in [0.4, 0.5) is 5.69 Å². The first-order valence-electron chi connectivity index (χ1n) is 36.6. The highest BCUT2D eigenvalue weighted by atomic mass is 32.2. The third kappa shape index (κ3) is 12.2. The van der Waals surface area contributed by atoms with E-state index in [-0.39, 0.29) is 32.5 Å². The molecule has 6 aliphatic rings. The first kappa shape index (κ1) is 69.6. The van der Waals surface area contributed by atoms with E-state index in [1.54, 1.807) is 44.9 Å². The van der Waals surface area contributed by atoms with Crippen LogP contribution in [0.3, 0.4) is 0 Å². The summed E-state index contributed by atoms with van der Waals surface area (Å²) >= 11 is 3.56. The summed E-state index contributed by atoms with van der Waals surface area (Å²) in [5.41, 5.74) is 19.6. The Morgan fingerprint density at radius 3 is 1.49 bits per heavy atom. The van der Waals surface area contributed by atoms with Crippen LogP contribution in [0.5, 0.6) is 28.7 Å². The van der Waals surface area contributed by atoms with E-state index in [1.165, 1.54) is 106 Å². The first-order valence-corrected chi connectivity index (χ1v) is 38.3. The number of fused-ring (bicyclic) bond motifs is 17. The Morgan fingerprint density at radius 1 is 0.480 bits per heavy atom. The van der Waals surface area contributed by atoms with Gasteiger partial charge in [-0.25, -0.2) is 0 Å². The Morgan fingerprint density at radius 2 is 0.961 bits per heavy atom. The minimum atomic E-state index is -0.953. The van der Waals surface area contributed by atoms with Crippen LogP contribution in [0.25, 0.3) is 49.9 Å². The maximum Gasteiger partial charge on any atom is 0.178 e. The number of hydrogen-bond donors (Lipinski definition) is 1. The molecule has 1 N–H and O–H groups in total. The van der Waals surface area contributed by atoms with Gasteiger partial charge < -0.3 is 38.4 Å². The molecular weight excluding hydrogens is 1300 g/mol. The van der Waals surface area contributed by atoms with Crippen molar-refractivity contribution >= 4 is 56.8 Å². The van der Waals surface area contributed by atoms with Crippen molar-refractivity contribution in [3.8, 4) is 51.0 Å². The van der Waals surface area contributed by atoms with Crippen molar-refractivity contribution in [3.63, 3.8) is 0 Å². The van der Waals surface area contributed by atoms with Gasteiger partial charge in [-0.05, 0) is 226 Å². The van der Waals surface area contributed by atoms with Crippen LogP contribution >= 0.6 is 23.5 Å². The van der Waals surface area contributed by atoms with Gasteiger partial charge >= 0.3 is 0 Å². The fourth-order valence-electron chi connectivity index (χ4n) is 20.4. The third-order valence-corrected chi connectivity index (χ3v) is 25.7. The zero-order valence-corrected chi connectivity index (χ0v) is 64.0. The number of ether oxygens (including phenoxy) is 6. The molecule has 2 saturated carbocycles. The Bertz CT molecular complexity index is 4890. The molecule has 2 aliphatic heterocycles. The summed E-state index contributed by atoms with van der Waals surface area (Å²) < 4.78 is 37.3. The lowest BCUT2D eigenvalue weighted by Crippen LogP contribution is -2.44. The standard InChI is InChI=1S/C57H61NO5S.C35H38O2S/c1-37-12-11-13-38(2)53(37)64-49-33-45-46(32-48(49)60-8)52-44(51-50(45)43-14-9-10-15-47(43)56(51)35-54(3,4)34-55(5,6)36-56)24-25-57(63-52,40-18-22-42(23-19-40)62-31-30-59-7)39-16-20-41(21-17-39)58-26-28-61-29-27-58;1-21-11-10-12-22(2)32(21)38-30-16-25-24(15-29(30)37-7)28(36)17-27-31(25)23-13-8-9-14-26(23)35(27)19-33(3,4)18-34(5,6)20-35/h9-25,32-33H,26-31,34-36H2,1-8H3;8-17,36H,18-20H2,1-7H3. The predicted octanol–water partition coefficient (Wildman–Crippen LogP) is 23.2. The van der Waals surface area contributed by atoms with E-state index in [0.29, 0.717) is 19.0 Å². The molecule has 2 heterocycles. The van der Waals surface area contributed by atoms with Crippen LogP contribution in [0, 0.1) is 49.4 Å². The number of anilines is 1. The number of aryl methyl sites for hydroxylation is 4. The smallest absolute Gasteiger partial charge is 0.178 e. The number of hydrogen-bond acceptors (Lipinski definition) is 10. The zero-order chi connectivity index (χ0) is 71.5. The van der Waals surface area contributed by atoms with E-state index in [4.69, 9.17) is 28.4 Å². The lowest BCUT2D eigenvalue weighted by molar-refractivity contribution is 0.0639. The van der Waals surface area contributed by atoms with Crippen LogP contribution in [0.2, 0.25) is 0 Å². The van der Waals surface area contributed by atoms with Crippen molar-refractivity contribution in [1.29, 1.82) is 0 Å². The largest absolute Gasteiger partial charge is 0.507 e. The highest BCUT2D eigenvalue weighted by molar-refractivity contribution is 7.99. The molecular formula is C92H99NO7S2. The van der Waals surface area contributed by atoms with Crippen LogP contribution in [-0.2, 0) is 25.9 Å². The molecule has 8 nitrogen and oxygen atoms in total. The fraction of sp³-hybridized carbons (Fsp3) is 0.370. The molecule has 526 valence electrons. The third-order valence-electron chi connectivity index (χ3n) is 22.9. The second-order valence-corrected chi connectivity index (χ2v) is 35.3. The van der Waals surface area contributed by atoms with Crippen LogP contribution in [0.15, 0.2) is 189 Å². The topological polar surface area (TPSA) is 78.9 Å². The molecule has 1 atom stereocenters. The summed E-state index contributed by atoms with van der Waals surface area (Å²) in [4.78, 5) is 7.09. The summed E-state index contributed by atoms with van der Waals surface area (Å²) in [5, 5.41) is 15.7. The molecule has 1 unspecified atom stereocenters. The van der Waals surface area contributed by atoms with Gasteiger partial charge in [0, 0.05) is 74.0 Å². The van der Waals surface area contributed by atoms with Crippen LogP contribution in [0.1, 0.15) is 155 Å². The molecule has 3 fully saturated rings. The highest BCUT2D eigenvalue weighted by Gasteiger charge is 2.57. The molecule has 10 aromatic rings. The van der Waals surface area contributed by atoms with Gasteiger partial charge in [-0.2, -0.15) is 0 Å². The number of rotatable bonds is 13. The van der Waals surface area contributed by atoms with Crippen molar-refractivity contribution < 1.29 is 33.5 Å². The van der Waals surface area contributed by atoms with Gasteiger partial charge in [0.15, 0.2) is 5.60 Å². The van der Waals surface area contributed by atoms with E-state index in [9.17, 15) is 5.11 Å². The van der Waals surface area contributed by atoms with Gasteiger partial charge in [0.1, 0.15) is 35.4 Å². The van der Waals surface area contributed by atoms with E-state index >= 15 is 0 Å². The van der Waals surface area contributed by atoms with Crippen LogP contribution in [-0.4, -0.2) is 66.0 Å². The quantitative estimate of drug-likeness (QED) is 0.113. The van der Waals surface area contributed by atoms with Gasteiger partial charge in [-0.3, -0.25) is 0 Å². The van der Waals surface area contributed by atoms with Crippen molar-refractivity contribution in [1.82, 2.24) is 0 Å². The number of phenolic OH excluding ortho intramolecular Hbond substituents is 1. The van der Waals surface area contributed by atoms with Crippen LogP contribution < -0.4 is 23.8 Å². The molecule has 10 aromatic carbocycles. The maximum absolute atomic E-state index is 11.5. The average molecular weight is 1390 g/mol. The molecule has 0 amide bonds. The Balaban J connectivity index is 0.000000188. The number of morpholine rings is 1. The minimum absolute atomic E-state index is 0.108. The summed E-state index contributed by atoms with van der Waals surface area (Å²) in [6, 6.07) is 59.7. The summed E-state index contributed by atoms with van der Waals surface area (Å²) in [7, 11) is 5.21. The normalized spacial score (nSPS) is 19.5. The second kappa shape index (κ2) is 26.2. The van der Waals surface area contributed by atoms with E-state index < -0.39 is 5.60 Å². The van der Waals surface area contributed by atoms with E-state index in [2.05, 4.69) is 258 Å². The first-order chi connectivity index (χ1) is 48.8. The highest BCUT2D eigenvalue weighted by Crippen LogP contribution is 2.69. The predicted molar refractivity (Wildman–Crippen MR) is 422 cm³/mol. The fourth-order valence-corrected chi connectivity index (χ4v) is 22.6. The van der Waals surface area contributed by atoms with Crippen molar-refractivity contribution in [2.24, 2.45) is 21.7 Å². The number of aromatic hydroxyl groups is 1. The molecule has 16 rings (SSSR count). The number of benzene rings is 10. The second-order valence-electron chi connectivity index (χ2n) is 33.2. The van der Waals surface area contributed by atoms with E-state index in [0.717, 1.165) is 112 Å². The van der Waals surface area contributed by atoms with Gasteiger partial charge in [-0.1, -0.05) is 194 Å². The SMILES string of the molecule is COCCOc1ccc(C2(c3ccc(N4CCOCC4)cc3)C=Cc3c4c(c5cc(Sc6c(C)cccc6C)c(OC)cc5c3O2)-c2ccccc2C42CC(C)(C)CC(C)(C)C2)cc1.COc1cc2c(O)cc3c(c2cc1Sc1c(C)cccc1C)-c1ccccc1C31CC(C)(C)CC(C)(C)C1. The molecule has 0 bridgehead atoms. The number of methoxy groups -OCH3 is 3. The lowest BCUT2D eigenvalue weighted by atomic mass is 9.52. The van der Waals surface area contributed by atoms with Crippen molar-refractivity contribution in [3.05, 3.63) is 231 Å². The Kier molecular flexibility index (Phi) is 17.9. The maximum atomic E-state index is 11.5. The van der Waals surface area contributed by atoms with Crippen molar-refractivity contribution in [2.45, 2.75) is 158 Å². The minimum Gasteiger partial charge on any atom is -0.507 e. The Labute approximate surface area is 613 Å². The monoisotopic (exact) mass is 1390 g/mol. The number of nitrogens with zero attached hydrogens (tertiary/aromatic N) is 1. The Hall–Kier alpha value is -8.12. The molecule has 2 spiro atoms. The van der Waals surface area contributed by atoms with E-state index in [1.807, 2.05) is 6.07 Å². The lowest BCUT2D eigenvalue weighted by Gasteiger charge is -2.52. The molecule has 10 heteroatoms.